The fraction of sp³-hybridized carbons (Fsp3) is 0.688. The first-order valence-corrected chi connectivity index (χ1v) is 6.88. The van der Waals surface area contributed by atoms with Crippen LogP contribution in [-0.2, 0) is 9.53 Å². The summed E-state index contributed by atoms with van der Waals surface area (Å²) in [6, 6.07) is 0. The van der Waals surface area contributed by atoms with Gasteiger partial charge in [0.05, 0.1) is 12.5 Å². The summed E-state index contributed by atoms with van der Waals surface area (Å²) in [5.74, 6) is -0.0446. The Morgan fingerprint density at radius 1 is 1.39 bits per heavy atom. The first kappa shape index (κ1) is 13.4. The maximum Gasteiger partial charge on any atom is 0.313 e. The minimum Gasteiger partial charge on any atom is -0.469 e. The lowest BCUT2D eigenvalue weighted by molar-refractivity contribution is -0.160. The van der Waals surface area contributed by atoms with Crippen LogP contribution in [0.4, 0.5) is 0 Å². The van der Waals surface area contributed by atoms with Crippen molar-refractivity contribution < 1.29 is 9.53 Å². The highest BCUT2D eigenvalue weighted by atomic mass is 16.5. The number of ether oxygens (including phenoxy) is 1. The Kier molecular flexibility index (Phi) is 3.39. The van der Waals surface area contributed by atoms with Crippen LogP contribution in [0.25, 0.3) is 0 Å². The lowest BCUT2D eigenvalue weighted by Gasteiger charge is -2.47. The summed E-state index contributed by atoms with van der Waals surface area (Å²) in [6.07, 6.45) is 8.19. The lowest BCUT2D eigenvalue weighted by atomic mass is 9.56. The van der Waals surface area contributed by atoms with E-state index in [-0.39, 0.29) is 16.8 Å². The van der Waals surface area contributed by atoms with E-state index < -0.39 is 0 Å². The summed E-state index contributed by atoms with van der Waals surface area (Å²) < 4.78 is 5.14. The van der Waals surface area contributed by atoms with Crippen molar-refractivity contribution in [2.45, 2.75) is 52.4 Å². The van der Waals surface area contributed by atoms with Crippen LogP contribution in [0.15, 0.2) is 23.8 Å². The second kappa shape index (κ2) is 4.56. The van der Waals surface area contributed by atoms with Gasteiger partial charge >= 0.3 is 5.97 Å². The molecule has 2 aliphatic carbocycles. The molecule has 2 nitrogen and oxygen atoms in total. The predicted molar refractivity (Wildman–Crippen MR) is 73.2 cm³/mol. The van der Waals surface area contributed by atoms with Crippen LogP contribution in [0.5, 0.6) is 0 Å². The fourth-order valence-corrected chi connectivity index (χ4v) is 3.76. The van der Waals surface area contributed by atoms with Gasteiger partial charge in [-0.2, -0.15) is 0 Å². The van der Waals surface area contributed by atoms with Crippen molar-refractivity contribution in [2.24, 2.45) is 10.8 Å². The van der Waals surface area contributed by atoms with Crippen molar-refractivity contribution in [3.8, 4) is 0 Å². The molecule has 0 radical (unpaired) electrons. The zero-order chi connectivity index (χ0) is 13.4. The first-order chi connectivity index (χ1) is 8.46. The molecule has 2 heteroatoms. The van der Waals surface area contributed by atoms with Crippen LogP contribution in [0.3, 0.4) is 0 Å². The van der Waals surface area contributed by atoms with Gasteiger partial charge in [0.2, 0.25) is 0 Å². The van der Waals surface area contributed by atoms with Gasteiger partial charge in [0.25, 0.3) is 0 Å². The van der Waals surface area contributed by atoms with Crippen LogP contribution < -0.4 is 0 Å². The molecule has 2 unspecified atom stereocenters. The minimum absolute atomic E-state index is 0.0446. The number of esters is 1. The van der Waals surface area contributed by atoms with E-state index in [1.165, 1.54) is 18.3 Å². The van der Waals surface area contributed by atoms with E-state index in [9.17, 15) is 4.79 Å². The Morgan fingerprint density at radius 3 is 2.56 bits per heavy atom. The van der Waals surface area contributed by atoms with Crippen molar-refractivity contribution in [1.82, 2.24) is 0 Å². The van der Waals surface area contributed by atoms with Crippen LogP contribution >= 0.6 is 0 Å². The van der Waals surface area contributed by atoms with Crippen molar-refractivity contribution in [1.29, 1.82) is 0 Å². The van der Waals surface area contributed by atoms with Gasteiger partial charge in [-0.3, -0.25) is 4.79 Å². The summed E-state index contributed by atoms with van der Waals surface area (Å²) >= 11 is 0. The van der Waals surface area contributed by atoms with E-state index in [2.05, 4.69) is 26.5 Å². The van der Waals surface area contributed by atoms with Gasteiger partial charge in [-0.1, -0.05) is 30.7 Å². The standard InChI is InChI=1S/C16H24O2/c1-12-7-10-16(11-8-12,14(17)18-4)15(3)9-5-6-13(15)2/h7H,2,5-6,8-11H2,1,3-4H3. The number of methoxy groups -OCH3 is 1. The number of carbonyl (C=O) groups excluding carboxylic acids is 1. The maximum atomic E-state index is 12.4. The van der Waals surface area contributed by atoms with E-state index in [0.29, 0.717) is 0 Å². The molecule has 0 heterocycles. The van der Waals surface area contributed by atoms with Crippen molar-refractivity contribution in [3.63, 3.8) is 0 Å². The molecule has 0 bridgehead atoms. The molecule has 0 N–H and O–H groups in total. The quantitative estimate of drug-likeness (QED) is 0.545. The fourth-order valence-electron chi connectivity index (χ4n) is 3.76. The molecule has 18 heavy (non-hydrogen) atoms. The molecule has 100 valence electrons. The van der Waals surface area contributed by atoms with E-state index in [1.54, 1.807) is 0 Å². The average Bonchev–Trinajstić information content (AvgIpc) is 2.71. The highest BCUT2D eigenvalue weighted by molar-refractivity contribution is 5.79. The molecule has 2 rings (SSSR count). The molecule has 0 saturated heterocycles. The number of allylic oxidation sites excluding steroid dienone is 3. The first-order valence-electron chi connectivity index (χ1n) is 6.88. The maximum absolute atomic E-state index is 12.4. The number of carbonyl (C=O) groups is 1. The molecule has 0 amide bonds. The molecule has 0 aromatic rings. The van der Waals surface area contributed by atoms with Gasteiger partial charge in [-0.05, 0) is 45.4 Å². The number of rotatable bonds is 2. The van der Waals surface area contributed by atoms with E-state index in [4.69, 9.17) is 4.74 Å². The van der Waals surface area contributed by atoms with Crippen LogP contribution in [0, 0.1) is 10.8 Å². The van der Waals surface area contributed by atoms with Crippen LogP contribution in [0.2, 0.25) is 0 Å². The van der Waals surface area contributed by atoms with Gasteiger partial charge in [-0.25, -0.2) is 0 Å². The highest BCUT2D eigenvalue weighted by Crippen LogP contribution is 2.59. The third kappa shape index (κ3) is 1.73. The minimum atomic E-state index is -0.380. The molecular formula is C16H24O2. The third-order valence-electron chi connectivity index (χ3n) is 5.31. The predicted octanol–water partition coefficient (Wildman–Crippen LogP) is 4.02. The summed E-state index contributed by atoms with van der Waals surface area (Å²) in [5.41, 5.74) is 2.16. The molecule has 2 aliphatic rings. The normalized spacial score (nSPS) is 36.4. The Labute approximate surface area is 110 Å². The van der Waals surface area contributed by atoms with Gasteiger partial charge in [-0.15, -0.1) is 0 Å². The van der Waals surface area contributed by atoms with Gasteiger partial charge < -0.3 is 4.74 Å². The van der Waals surface area contributed by atoms with Crippen LogP contribution in [-0.4, -0.2) is 13.1 Å². The Morgan fingerprint density at radius 2 is 2.11 bits per heavy atom. The zero-order valence-corrected chi connectivity index (χ0v) is 11.8. The monoisotopic (exact) mass is 248 g/mol. The summed E-state index contributed by atoms with van der Waals surface area (Å²) in [4.78, 5) is 12.4. The topological polar surface area (TPSA) is 26.3 Å². The smallest absolute Gasteiger partial charge is 0.313 e. The average molecular weight is 248 g/mol. The molecule has 0 aliphatic heterocycles. The Hall–Kier alpha value is -1.05. The molecule has 0 spiro atoms. The SMILES string of the molecule is C=C1CCCC1(C)C1(C(=O)OC)CC=C(C)CC1. The Balaban J connectivity index is 2.43. The third-order valence-corrected chi connectivity index (χ3v) is 5.31. The highest BCUT2D eigenvalue weighted by Gasteiger charge is 2.56. The zero-order valence-electron chi connectivity index (χ0n) is 11.8. The Bertz CT molecular complexity index is 407. The molecule has 0 aromatic carbocycles. The van der Waals surface area contributed by atoms with Crippen molar-refractivity contribution >= 4 is 5.97 Å². The molecule has 2 atom stereocenters. The summed E-state index contributed by atoms with van der Waals surface area (Å²) in [5, 5.41) is 0. The van der Waals surface area contributed by atoms with Gasteiger partial charge in [0, 0.05) is 5.41 Å². The number of hydrogen-bond acceptors (Lipinski definition) is 2. The second-order valence-corrected chi connectivity index (χ2v) is 6.12. The van der Waals surface area contributed by atoms with Crippen molar-refractivity contribution in [2.75, 3.05) is 7.11 Å². The van der Waals surface area contributed by atoms with E-state index >= 15 is 0 Å². The molecule has 1 fully saturated rings. The van der Waals surface area contributed by atoms with E-state index in [0.717, 1.165) is 38.5 Å². The van der Waals surface area contributed by atoms with Crippen molar-refractivity contribution in [3.05, 3.63) is 23.8 Å². The lowest BCUT2D eigenvalue weighted by Crippen LogP contribution is -2.47. The van der Waals surface area contributed by atoms with Crippen LogP contribution in [0.1, 0.15) is 52.4 Å². The molecule has 1 saturated carbocycles. The largest absolute Gasteiger partial charge is 0.469 e. The van der Waals surface area contributed by atoms with Gasteiger partial charge in [0.15, 0.2) is 0 Å². The summed E-state index contributed by atoms with van der Waals surface area (Å²) in [7, 11) is 1.51. The second-order valence-electron chi connectivity index (χ2n) is 6.12. The van der Waals surface area contributed by atoms with E-state index in [1.807, 2.05) is 0 Å². The summed E-state index contributed by atoms with van der Waals surface area (Å²) in [6.45, 7) is 8.60. The molecule has 0 aromatic heterocycles. The molecular weight excluding hydrogens is 224 g/mol. The van der Waals surface area contributed by atoms with Gasteiger partial charge in [0.1, 0.15) is 0 Å². The number of hydrogen-bond donors (Lipinski definition) is 0.